The summed E-state index contributed by atoms with van der Waals surface area (Å²) in [5.74, 6) is 0. The van der Waals surface area contributed by atoms with Gasteiger partial charge in [0.2, 0.25) is 0 Å². The molecule has 1 heteroatoms. The molecule has 2 rings (SSSR count). The van der Waals surface area contributed by atoms with Gasteiger partial charge in [0.25, 0.3) is 0 Å². The first-order valence-electron chi connectivity index (χ1n) is 13.5. The van der Waals surface area contributed by atoms with Crippen molar-refractivity contribution in [2.45, 2.75) is 135 Å². The van der Waals surface area contributed by atoms with Gasteiger partial charge >= 0.3 is 0 Å². The molecule has 0 atom stereocenters. The largest absolute Gasteiger partial charge is 0.348 e. The molecule has 1 aromatic carbocycles. The monoisotopic (exact) mass is 425 g/mol. The number of benzene rings is 1. The third-order valence-corrected chi connectivity index (χ3v) is 7.54. The molecule has 1 aliphatic heterocycles. The average molecular weight is 426 g/mol. The Morgan fingerprint density at radius 2 is 1.16 bits per heavy atom. The van der Waals surface area contributed by atoms with Gasteiger partial charge in [-0.15, -0.1) is 0 Å². The number of anilines is 1. The van der Waals surface area contributed by atoms with E-state index in [1.807, 2.05) is 0 Å². The zero-order valence-corrected chi connectivity index (χ0v) is 21.4. The van der Waals surface area contributed by atoms with E-state index in [2.05, 4.69) is 57.5 Å². The molecule has 31 heavy (non-hydrogen) atoms. The summed E-state index contributed by atoms with van der Waals surface area (Å²) in [5.41, 5.74) is 5.57. The van der Waals surface area contributed by atoms with Crippen LogP contribution in [0.3, 0.4) is 0 Å². The van der Waals surface area contributed by atoms with E-state index >= 15 is 0 Å². The smallest absolute Gasteiger partial charge is 0.0447 e. The molecule has 1 aromatic rings. The number of allylic oxidation sites excluding steroid dienone is 1. The maximum atomic E-state index is 4.31. The summed E-state index contributed by atoms with van der Waals surface area (Å²) in [6.07, 6.45) is 24.2. The zero-order chi connectivity index (χ0) is 22.5. The second-order valence-electron chi connectivity index (χ2n) is 10.5. The van der Waals surface area contributed by atoms with Crippen molar-refractivity contribution in [3.8, 4) is 0 Å². The second kappa shape index (κ2) is 14.0. The molecule has 0 fully saturated rings. The molecule has 0 N–H and O–H groups in total. The Kier molecular flexibility index (Phi) is 11.8. The van der Waals surface area contributed by atoms with Crippen molar-refractivity contribution in [3.05, 3.63) is 41.6 Å². The van der Waals surface area contributed by atoms with Crippen LogP contribution in [0.2, 0.25) is 0 Å². The highest BCUT2D eigenvalue weighted by Crippen LogP contribution is 2.46. The third-order valence-electron chi connectivity index (χ3n) is 7.54. The Labute approximate surface area is 194 Å². The SMILES string of the molecule is C=C1N(C)c2ccc(CCCCCCCCCCCCCCCCCC)cc2C1(C)C. The predicted octanol–water partition coefficient (Wildman–Crippen LogP) is 9.73. The highest BCUT2D eigenvalue weighted by Gasteiger charge is 2.37. The minimum absolute atomic E-state index is 0.0642. The van der Waals surface area contributed by atoms with Gasteiger partial charge in [-0.3, -0.25) is 0 Å². The Hall–Kier alpha value is -1.24. The lowest BCUT2D eigenvalue weighted by Gasteiger charge is -2.22. The Bertz CT molecular complexity index is 642. The van der Waals surface area contributed by atoms with Crippen LogP contribution in [0.25, 0.3) is 0 Å². The van der Waals surface area contributed by atoms with Crippen molar-refractivity contribution < 1.29 is 0 Å². The maximum Gasteiger partial charge on any atom is 0.0447 e. The molecule has 1 heterocycles. The molecule has 0 saturated heterocycles. The van der Waals surface area contributed by atoms with Crippen LogP contribution in [-0.4, -0.2) is 7.05 Å². The molecule has 176 valence electrons. The number of nitrogens with zero attached hydrogens (tertiary/aromatic N) is 1. The summed E-state index contributed by atoms with van der Waals surface area (Å²) in [7, 11) is 2.14. The molecule has 0 bridgehead atoms. The molecule has 0 saturated carbocycles. The van der Waals surface area contributed by atoms with Crippen molar-refractivity contribution in [2.75, 3.05) is 11.9 Å². The summed E-state index contributed by atoms with van der Waals surface area (Å²) in [5, 5.41) is 0. The van der Waals surface area contributed by atoms with E-state index in [1.54, 1.807) is 0 Å². The molecule has 1 nitrogen and oxygen atoms in total. The number of aryl methyl sites for hydroxylation is 1. The zero-order valence-electron chi connectivity index (χ0n) is 21.4. The summed E-state index contributed by atoms with van der Waals surface area (Å²) >= 11 is 0. The fourth-order valence-electron chi connectivity index (χ4n) is 5.13. The molecule has 0 aromatic heterocycles. The van der Waals surface area contributed by atoms with Gasteiger partial charge in [0.05, 0.1) is 0 Å². The van der Waals surface area contributed by atoms with Gasteiger partial charge in [0.1, 0.15) is 0 Å². The van der Waals surface area contributed by atoms with Gasteiger partial charge in [-0.05, 0) is 30.0 Å². The highest BCUT2D eigenvalue weighted by atomic mass is 15.1. The summed E-state index contributed by atoms with van der Waals surface area (Å²) < 4.78 is 0. The van der Waals surface area contributed by atoms with E-state index in [4.69, 9.17) is 0 Å². The minimum atomic E-state index is 0.0642. The molecule has 0 spiro atoms. The minimum Gasteiger partial charge on any atom is -0.348 e. The van der Waals surface area contributed by atoms with Crippen LogP contribution in [0.4, 0.5) is 5.69 Å². The van der Waals surface area contributed by atoms with Gasteiger partial charge in [-0.25, -0.2) is 0 Å². The van der Waals surface area contributed by atoms with Gasteiger partial charge < -0.3 is 4.90 Å². The second-order valence-corrected chi connectivity index (χ2v) is 10.5. The summed E-state index contributed by atoms with van der Waals surface area (Å²) in [6, 6.07) is 7.07. The van der Waals surface area contributed by atoms with E-state index in [9.17, 15) is 0 Å². The van der Waals surface area contributed by atoms with Gasteiger partial charge in [0, 0.05) is 23.8 Å². The normalized spacial score (nSPS) is 15.0. The van der Waals surface area contributed by atoms with Crippen molar-refractivity contribution in [1.82, 2.24) is 0 Å². The van der Waals surface area contributed by atoms with Crippen LogP contribution in [0.1, 0.15) is 135 Å². The van der Waals surface area contributed by atoms with E-state index < -0.39 is 0 Å². The van der Waals surface area contributed by atoms with Crippen LogP contribution in [0.5, 0.6) is 0 Å². The number of hydrogen-bond donors (Lipinski definition) is 0. The fourth-order valence-corrected chi connectivity index (χ4v) is 5.13. The molecule has 0 aliphatic carbocycles. The summed E-state index contributed by atoms with van der Waals surface area (Å²) in [6.45, 7) is 11.2. The third kappa shape index (κ3) is 8.32. The van der Waals surface area contributed by atoms with Gasteiger partial charge in [0.15, 0.2) is 0 Å². The molecule has 1 aliphatic rings. The molecule has 0 amide bonds. The van der Waals surface area contributed by atoms with E-state index in [1.165, 1.54) is 132 Å². The number of fused-ring (bicyclic) bond motifs is 1. The van der Waals surface area contributed by atoms with Crippen molar-refractivity contribution in [2.24, 2.45) is 0 Å². The van der Waals surface area contributed by atoms with E-state index in [0.717, 1.165) is 0 Å². The van der Waals surface area contributed by atoms with E-state index in [-0.39, 0.29) is 5.41 Å². The molecule has 0 radical (unpaired) electrons. The first-order chi connectivity index (χ1) is 15.0. The Morgan fingerprint density at radius 3 is 1.65 bits per heavy atom. The van der Waals surface area contributed by atoms with Gasteiger partial charge in [-0.1, -0.05) is 136 Å². The number of unbranched alkanes of at least 4 members (excludes halogenated alkanes) is 15. The number of hydrogen-bond acceptors (Lipinski definition) is 1. The molecular weight excluding hydrogens is 374 g/mol. The first kappa shape index (κ1) is 26.0. The lowest BCUT2D eigenvalue weighted by molar-refractivity contribution is 0.529. The van der Waals surface area contributed by atoms with Crippen LogP contribution < -0.4 is 4.90 Å². The summed E-state index contributed by atoms with van der Waals surface area (Å²) in [4.78, 5) is 2.26. The van der Waals surface area contributed by atoms with Crippen LogP contribution >= 0.6 is 0 Å². The first-order valence-corrected chi connectivity index (χ1v) is 13.5. The van der Waals surface area contributed by atoms with Crippen molar-refractivity contribution in [3.63, 3.8) is 0 Å². The number of rotatable bonds is 17. The van der Waals surface area contributed by atoms with Crippen LogP contribution in [-0.2, 0) is 11.8 Å². The quantitative estimate of drug-likeness (QED) is 0.224. The average Bonchev–Trinajstić information content (AvgIpc) is 2.93. The molecular formula is C30H51N. The van der Waals surface area contributed by atoms with Crippen molar-refractivity contribution >= 4 is 5.69 Å². The fraction of sp³-hybridized carbons (Fsp3) is 0.733. The van der Waals surface area contributed by atoms with Crippen molar-refractivity contribution in [1.29, 1.82) is 0 Å². The molecule has 0 unspecified atom stereocenters. The highest BCUT2D eigenvalue weighted by molar-refractivity contribution is 5.69. The van der Waals surface area contributed by atoms with E-state index in [0.29, 0.717) is 0 Å². The lowest BCUT2D eigenvalue weighted by atomic mass is 9.83. The standard InChI is InChI=1S/C30H51N/c1-6-7-8-9-10-11-12-13-14-15-16-17-18-19-20-21-22-27-23-24-29-28(25-27)30(3,4)26(2)31(29)5/h23-25H,2,6-22H2,1,3-5H3. The maximum absolute atomic E-state index is 4.31. The van der Waals surface area contributed by atoms with Gasteiger partial charge in [-0.2, -0.15) is 0 Å². The van der Waals surface area contributed by atoms with Crippen LogP contribution in [0, 0.1) is 0 Å². The van der Waals surface area contributed by atoms with Crippen LogP contribution in [0.15, 0.2) is 30.5 Å². The topological polar surface area (TPSA) is 3.24 Å². The Morgan fingerprint density at radius 1 is 0.710 bits per heavy atom. The predicted molar refractivity (Wildman–Crippen MR) is 140 cm³/mol. The Balaban J connectivity index is 1.45. The number of likely N-dealkylation sites (N-methyl/N-ethyl adjacent to an activating group) is 1. The lowest BCUT2D eigenvalue weighted by Crippen LogP contribution is -2.21.